The van der Waals surface area contributed by atoms with E-state index in [9.17, 15) is 14.4 Å². The van der Waals surface area contributed by atoms with E-state index in [1.54, 1.807) is 11.8 Å². The molecule has 4 aromatic rings. The highest BCUT2D eigenvalue weighted by Crippen LogP contribution is 2.23. The zero-order valence-corrected chi connectivity index (χ0v) is 17.1. The highest BCUT2D eigenvalue weighted by molar-refractivity contribution is 7.98. The Morgan fingerprint density at radius 1 is 1.13 bits per heavy atom. The molecule has 4 rings (SSSR count). The molecule has 0 bridgehead atoms. The number of nitrogens with one attached hydrogen (secondary N) is 1. The Kier molecular flexibility index (Phi) is 4.99. The SMILES string of the molecule is CSc1ccc(-c2nnc(NC(=O)Cn3cnc4c3c(=O)n(C)c(=O)n4C)o2)cc1. The molecule has 0 aliphatic heterocycles. The fourth-order valence-corrected chi connectivity index (χ4v) is 3.36. The van der Waals surface area contributed by atoms with Gasteiger partial charge in [-0.3, -0.25) is 24.0 Å². The maximum absolute atomic E-state index is 12.4. The van der Waals surface area contributed by atoms with Crippen molar-refractivity contribution in [1.29, 1.82) is 0 Å². The molecule has 12 heteroatoms. The van der Waals surface area contributed by atoms with Crippen LogP contribution in [0, 0.1) is 0 Å². The first-order valence-electron chi connectivity index (χ1n) is 8.77. The van der Waals surface area contributed by atoms with Crippen LogP contribution < -0.4 is 16.6 Å². The molecule has 30 heavy (non-hydrogen) atoms. The van der Waals surface area contributed by atoms with Gasteiger partial charge in [0.1, 0.15) is 6.54 Å². The van der Waals surface area contributed by atoms with Crippen molar-refractivity contribution < 1.29 is 9.21 Å². The molecule has 0 aliphatic carbocycles. The largest absolute Gasteiger partial charge is 0.403 e. The van der Waals surface area contributed by atoms with Gasteiger partial charge in [0, 0.05) is 24.6 Å². The monoisotopic (exact) mass is 427 g/mol. The van der Waals surface area contributed by atoms with Gasteiger partial charge in [-0.25, -0.2) is 9.78 Å². The van der Waals surface area contributed by atoms with E-state index >= 15 is 0 Å². The number of aryl methyl sites for hydroxylation is 1. The Hall–Kier alpha value is -3.67. The van der Waals surface area contributed by atoms with Crippen LogP contribution in [0.4, 0.5) is 6.01 Å². The van der Waals surface area contributed by atoms with Crippen molar-refractivity contribution >= 4 is 34.8 Å². The van der Waals surface area contributed by atoms with Gasteiger partial charge in [-0.05, 0) is 30.5 Å². The molecule has 0 spiro atoms. The number of nitrogens with zero attached hydrogens (tertiary/aromatic N) is 6. The summed E-state index contributed by atoms with van der Waals surface area (Å²) in [5.41, 5.74) is 0.0451. The molecule has 0 saturated carbocycles. The van der Waals surface area contributed by atoms with E-state index in [0.29, 0.717) is 0 Å². The number of carbonyl (C=O) groups excluding carboxylic acids is 1. The zero-order chi connectivity index (χ0) is 21.4. The molecule has 0 atom stereocenters. The molecule has 0 fully saturated rings. The molecule has 0 radical (unpaired) electrons. The van der Waals surface area contributed by atoms with Crippen LogP contribution in [0.5, 0.6) is 0 Å². The maximum Gasteiger partial charge on any atom is 0.332 e. The van der Waals surface area contributed by atoms with E-state index in [-0.39, 0.29) is 29.6 Å². The van der Waals surface area contributed by atoms with Crippen LogP contribution >= 0.6 is 11.8 Å². The number of imidazole rings is 1. The maximum atomic E-state index is 12.4. The smallest absolute Gasteiger partial charge is 0.332 e. The highest BCUT2D eigenvalue weighted by Gasteiger charge is 2.17. The van der Waals surface area contributed by atoms with E-state index < -0.39 is 17.2 Å². The van der Waals surface area contributed by atoms with Crippen LogP contribution in [0.25, 0.3) is 22.6 Å². The molecule has 0 aliphatic rings. The lowest BCUT2D eigenvalue weighted by molar-refractivity contribution is -0.116. The summed E-state index contributed by atoms with van der Waals surface area (Å²) in [6, 6.07) is 7.50. The Balaban J connectivity index is 1.54. The number of hydrogen-bond donors (Lipinski definition) is 1. The number of rotatable bonds is 5. The first kappa shape index (κ1) is 19.6. The number of aromatic nitrogens is 6. The van der Waals surface area contributed by atoms with Crippen LogP contribution in [-0.4, -0.2) is 41.0 Å². The second-order valence-corrected chi connectivity index (χ2v) is 7.32. The molecule has 3 aromatic heterocycles. The minimum absolute atomic E-state index is 0.0614. The molecule has 154 valence electrons. The fourth-order valence-electron chi connectivity index (χ4n) is 2.95. The van der Waals surface area contributed by atoms with Gasteiger partial charge in [0.25, 0.3) is 5.56 Å². The molecule has 11 nitrogen and oxygen atoms in total. The summed E-state index contributed by atoms with van der Waals surface area (Å²) in [6.07, 6.45) is 3.31. The lowest BCUT2D eigenvalue weighted by Gasteiger charge is -2.06. The van der Waals surface area contributed by atoms with Crippen molar-refractivity contribution in [2.75, 3.05) is 11.6 Å². The fraction of sp³-hybridized carbons (Fsp3) is 0.222. The minimum atomic E-state index is -0.535. The van der Waals surface area contributed by atoms with Crippen molar-refractivity contribution in [2.24, 2.45) is 14.1 Å². The quantitative estimate of drug-likeness (QED) is 0.464. The first-order chi connectivity index (χ1) is 14.4. The van der Waals surface area contributed by atoms with Crippen LogP contribution in [0.1, 0.15) is 0 Å². The normalized spacial score (nSPS) is 11.2. The van der Waals surface area contributed by atoms with Crippen LogP contribution in [0.2, 0.25) is 0 Å². The van der Waals surface area contributed by atoms with Crippen molar-refractivity contribution in [3.05, 3.63) is 51.4 Å². The summed E-state index contributed by atoms with van der Waals surface area (Å²) < 4.78 is 9.08. The van der Waals surface area contributed by atoms with Crippen LogP contribution in [0.3, 0.4) is 0 Å². The van der Waals surface area contributed by atoms with Crippen LogP contribution in [0.15, 0.2) is 49.5 Å². The summed E-state index contributed by atoms with van der Waals surface area (Å²) in [5.74, 6) is -0.215. The minimum Gasteiger partial charge on any atom is -0.403 e. The Morgan fingerprint density at radius 2 is 1.87 bits per heavy atom. The highest BCUT2D eigenvalue weighted by atomic mass is 32.2. The molecule has 0 unspecified atom stereocenters. The van der Waals surface area contributed by atoms with Gasteiger partial charge in [0.2, 0.25) is 11.8 Å². The van der Waals surface area contributed by atoms with Gasteiger partial charge in [0.05, 0.1) is 6.33 Å². The third-order valence-electron chi connectivity index (χ3n) is 4.54. The molecular formula is C18H17N7O4S. The van der Waals surface area contributed by atoms with Gasteiger partial charge < -0.3 is 8.98 Å². The molecule has 1 N–H and O–H groups in total. The topological polar surface area (TPSA) is 130 Å². The summed E-state index contributed by atoms with van der Waals surface area (Å²) in [4.78, 5) is 42.1. The standard InChI is InChI=1S/C18H17N7O4S/c1-23-14-13(16(27)24(2)18(23)28)25(9-19-14)8-12(26)20-17-22-21-15(29-17)10-4-6-11(30-3)7-5-10/h4-7,9H,8H2,1-3H3,(H,20,22,26). The molecule has 3 heterocycles. The third-order valence-corrected chi connectivity index (χ3v) is 5.28. The summed E-state index contributed by atoms with van der Waals surface area (Å²) in [5, 5.41) is 10.3. The van der Waals surface area contributed by atoms with Gasteiger partial charge in [-0.15, -0.1) is 16.9 Å². The lowest BCUT2D eigenvalue weighted by Crippen LogP contribution is -2.37. The predicted molar refractivity (Wildman–Crippen MR) is 110 cm³/mol. The summed E-state index contributed by atoms with van der Waals surface area (Å²) >= 11 is 1.62. The van der Waals surface area contributed by atoms with Crippen molar-refractivity contribution in [3.8, 4) is 11.5 Å². The van der Waals surface area contributed by atoms with Gasteiger partial charge in [-0.1, -0.05) is 5.10 Å². The number of fused-ring (bicyclic) bond motifs is 1. The van der Waals surface area contributed by atoms with Crippen molar-refractivity contribution in [1.82, 2.24) is 28.9 Å². The van der Waals surface area contributed by atoms with E-state index in [2.05, 4.69) is 20.5 Å². The van der Waals surface area contributed by atoms with Crippen molar-refractivity contribution in [3.63, 3.8) is 0 Å². The Labute approximate surface area is 173 Å². The average molecular weight is 427 g/mol. The second kappa shape index (κ2) is 7.63. The molecule has 1 aromatic carbocycles. The van der Waals surface area contributed by atoms with Gasteiger partial charge in [0.15, 0.2) is 11.2 Å². The Bertz CT molecular complexity index is 1360. The van der Waals surface area contributed by atoms with Crippen molar-refractivity contribution in [2.45, 2.75) is 11.4 Å². The number of benzene rings is 1. The lowest BCUT2D eigenvalue weighted by atomic mass is 10.2. The summed E-state index contributed by atoms with van der Waals surface area (Å²) in [7, 11) is 2.88. The number of carbonyl (C=O) groups is 1. The predicted octanol–water partition coefficient (Wildman–Crippen LogP) is 0.844. The number of thioether (sulfide) groups is 1. The number of amides is 1. The van der Waals surface area contributed by atoms with E-state index in [1.165, 1.54) is 29.6 Å². The second-order valence-electron chi connectivity index (χ2n) is 6.44. The first-order valence-corrected chi connectivity index (χ1v) is 10.00. The van der Waals surface area contributed by atoms with Crippen LogP contribution in [-0.2, 0) is 25.4 Å². The number of anilines is 1. The van der Waals surface area contributed by atoms with Gasteiger partial charge >= 0.3 is 11.7 Å². The van der Waals surface area contributed by atoms with E-state index in [1.807, 2.05) is 30.5 Å². The average Bonchev–Trinajstić information content (AvgIpc) is 3.38. The van der Waals surface area contributed by atoms with E-state index in [0.717, 1.165) is 15.0 Å². The zero-order valence-electron chi connectivity index (χ0n) is 16.3. The third kappa shape index (κ3) is 3.41. The molecule has 0 saturated heterocycles. The summed E-state index contributed by atoms with van der Waals surface area (Å²) in [6.45, 7) is -0.218. The number of hydrogen-bond acceptors (Lipinski definition) is 8. The van der Waals surface area contributed by atoms with Gasteiger partial charge in [-0.2, -0.15) is 0 Å². The Morgan fingerprint density at radius 3 is 2.57 bits per heavy atom. The molecular weight excluding hydrogens is 410 g/mol. The molecule has 1 amide bonds. The van der Waals surface area contributed by atoms with E-state index in [4.69, 9.17) is 4.42 Å².